The Morgan fingerprint density at radius 3 is 2.74 bits per heavy atom. The second kappa shape index (κ2) is 7.82. The number of ether oxygens (including phenoxy) is 2. The van der Waals surface area contributed by atoms with Gasteiger partial charge in [-0.15, -0.1) is 0 Å². The van der Waals surface area contributed by atoms with Gasteiger partial charge >= 0.3 is 11.9 Å². The molecule has 1 saturated heterocycles. The third-order valence-electron chi connectivity index (χ3n) is 3.62. The van der Waals surface area contributed by atoms with Crippen LogP contribution in [0.4, 0.5) is 24.5 Å². The van der Waals surface area contributed by atoms with Crippen molar-refractivity contribution < 1.29 is 32.7 Å². The Balaban J connectivity index is 1.66. The molecule has 2 heterocycles. The lowest BCUT2D eigenvalue weighted by molar-refractivity contribution is -0.385. The van der Waals surface area contributed by atoms with Crippen LogP contribution in [0.5, 0.6) is 10.8 Å². The van der Waals surface area contributed by atoms with Crippen LogP contribution in [0.2, 0.25) is 0 Å². The van der Waals surface area contributed by atoms with Crippen LogP contribution >= 0.6 is 23.3 Å². The SMILES string of the molecule is O=[N+]([O-])c1cc(SNc2ccc(C(F)(F)F)c(O)c2)sc1OCC1CCO1. The first-order chi connectivity index (χ1) is 12.7. The minimum atomic E-state index is -4.65. The number of phenols is 1. The average Bonchev–Trinajstić information content (AvgIpc) is 2.94. The van der Waals surface area contributed by atoms with E-state index in [0.29, 0.717) is 10.8 Å². The molecule has 0 saturated carbocycles. The van der Waals surface area contributed by atoms with Crippen molar-refractivity contribution in [2.45, 2.75) is 22.9 Å². The number of benzene rings is 1. The highest BCUT2D eigenvalue weighted by Crippen LogP contribution is 2.43. The highest BCUT2D eigenvalue weighted by Gasteiger charge is 2.33. The molecule has 12 heteroatoms. The van der Waals surface area contributed by atoms with Crippen molar-refractivity contribution in [3.05, 3.63) is 39.9 Å². The summed E-state index contributed by atoms with van der Waals surface area (Å²) in [5.74, 6) is -0.908. The second-order valence-electron chi connectivity index (χ2n) is 5.52. The number of aromatic hydroxyl groups is 1. The van der Waals surface area contributed by atoms with Crippen LogP contribution in [0, 0.1) is 10.1 Å². The maximum atomic E-state index is 12.6. The highest BCUT2D eigenvalue weighted by atomic mass is 32.2. The molecule has 2 aromatic rings. The molecule has 1 fully saturated rings. The van der Waals surface area contributed by atoms with Crippen molar-refractivity contribution in [3.63, 3.8) is 0 Å². The molecule has 1 aliphatic rings. The summed E-state index contributed by atoms with van der Waals surface area (Å²) < 4.78 is 51.8. The lowest BCUT2D eigenvalue weighted by Gasteiger charge is -2.25. The Labute approximate surface area is 159 Å². The number of nitrogens with zero attached hydrogens (tertiary/aromatic N) is 1. The van der Waals surface area contributed by atoms with Crippen molar-refractivity contribution in [1.82, 2.24) is 0 Å². The minimum absolute atomic E-state index is 0.0731. The van der Waals surface area contributed by atoms with Gasteiger partial charge in [-0.05, 0) is 24.1 Å². The van der Waals surface area contributed by atoms with Gasteiger partial charge in [0.25, 0.3) is 5.06 Å². The van der Waals surface area contributed by atoms with Gasteiger partial charge in [0.05, 0.1) is 20.8 Å². The van der Waals surface area contributed by atoms with Crippen LogP contribution in [0.1, 0.15) is 12.0 Å². The monoisotopic (exact) mass is 422 g/mol. The lowest BCUT2D eigenvalue weighted by Crippen LogP contribution is -2.32. The Kier molecular flexibility index (Phi) is 5.67. The van der Waals surface area contributed by atoms with Crippen LogP contribution in [-0.2, 0) is 10.9 Å². The van der Waals surface area contributed by atoms with Gasteiger partial charge in [0, 0.05) is 30.8 Å². The molecular formula is C15H13F3N2O5S2. The fourth-order valence-electron chi connectivity index (χ4n) is 2.15. The van der Waals surface area contributed by atoms with Crippen LogP contribution in [0.3, 0.4) is 0 Å². The Morgan fingerprint density at radius 1 is 1.44 bits per heavy atom. The number of nitro groups is 1. The standard InChI is InChI=1S/C15H13F3N2O5S2/c16-15(17,18)10-2-1-8(5-12(10)21)19-27-13-6-11(20(22)23)14(26-13)25-7-9-3-4-24-9/h1-2,5-6,9,19,21H,3-4,7H2. The number of thiophene rings is 1. The fraction of sp³-hybridized carbons (Fsp3) is 0.333. The van der Waals surface area contributed by atoms with Crippen molar-refractivity contribution in [2.75, 3.05) is 17.9 Å². The molecule has 0 amide bonds. The van der Waals surface area contributed by atoms with E-state index in [-0.39, 0.29) is 29.1 Å². The van der Waals surface area contributed by atoms with Crippen LogP contribution in [-0.4, -0.2) is 29.3 Å². The largest absolute Gasteiger partial charge is 0.507 e. The molecule has 3 rings (SSSR count). The summed E-state index contributed by atoms with van der Waals surface area (Å²) in [7, 11) is 0. The van der Waals surface area contributed by atoms with Gasteiger partial charge in [-0.1, -0.05) is 11.3 Å². The van der Waals surface area contributed by atoms with Crippen LogP contribution < -0.4 is 9.46 Å². The zero-order valence-corrected chi connectivity index (χ0v) is 15.1. The van der Waals surface area contributed by atoms with Gasteiger partial charge < -0.3 is 19.3 Å². The van der Waals surface area contributed by atoms with Gasteiger partial charge in [-0.25, -0.2) is 0 Å². The predicted octanol–water partition coefficient (Wildman–Crippen LogP) is 4.67. The lowest BCUT2D eigenvalue weighted by atomic mass is 10.2. The number of alkyl halides is 3. The number of phenolic OH excluding ortho intramolecular Hbond substituents is 1. The van der Waals surface area contributed by atoms with E-state index < -0.39 is 22.4 Å². The maximum Gasteiger partial charge on any atom is 0.419 e. The van der Waals surface area contributed by atoms with E-state index in [9.17, 15) is 28.4 Å². The van der Waals surface area contributed by atoms with Gasteiger partial charge in [-0.3, -0.25) is 10.1 Å². The molecule has 1 aromatic carbocycles. The quantitative estimate of drug-likeness (QED) is 0.380. The molecule has 1 unspecified atom stereocenters. The normalized spacial score (nSPS) is 16.6. The molecule has 27 heavy (non-hydrogen) atoms. The summed E-state index contributed by atoms with van der Waals surface area (Å²) in [6, 6.07) is 4.15. The summed E-state index contributed by atoms with van der Waals surface area (Å²) in [6.45, 7) is 0.858. The van der Waals surface area contributed by atoms with Gasteiger partial charge in [0.1, 0.15) is 12.4 Å². The van der Waals surface area contributed by atoms with E-state index in [1.54, 1.807) is 0 Å². The molecule has 0 aliphatic carbocycles. The molecule has 0 spiro atoms. The number of halogens is 3. The minimum Gasteiger partial charge on any atom is -0.507 e. The summed E-state index contributed by atoms with van der Waals surface area (Å²) in [4.78, 5) is 10.6. The first-order valence-corrected chi connectivity index (χ1v) is 9.23. The van der Waals surface area contributed by atoms with E-state index >= 15 is 0 Å². The first kappa shape index (κ1) is 19.6. The third kappa shape index (κ3) is 4.76. The predicted molar refractivity (Wildman–Crippen MR) is 93.4 cm³/mol. The van der Waals surface area contributed by atoms with Crippen molar-refractivity contribution >= 4 is 34.7 Å². The van der Waals surface area contributed by atoms with Crippen molar-refractivity contribution in [3.8, 4) is 10.8 Å². The molecular weight excluding hydrogens is 409 g/mol. The second-order valence-corrected chi connectivity index (χ2v) is 7.64. The van der Waals surface area contributed by atoms with E-state index in [4.69, 9.17) is 9.47 Å². The Morgan fingerprint density at radius 2 is 2.19 bits per heavy atom. The maximum absolute atomic E-state index is 12.6. The topological polar surface area (TPSA) is 93.9 Å². The van der Waals surface area contributed by atoms with Gasteiger partial charge in [0.15, 0.2) is 0 Å². The molecule has 7 nitrogen and oxygen atoms in total. The fourth-order valence-corrected chi connectivity index (χ4v) is 3.91. The molecule has 146 valence electrons. The summed E-state index contributed by atoms with van der Waals surface area (Å²) in [6.07, 6.45) is -3.89. The van der Waals surface area contributed by atoms with Crippen molar-refractivity contribution in [1.29, 1.82) is 0 Å². The van der Waals surface area contributed by atoms with E-state index in [2.05, 4.69) is 4.72 Å². The smallest absolute Gasteiger partial charge is 0.419 e. The van der Waals surface area contributed by atoms with E-state index in [1.165, 1.54) is 6.07 Å². The summed E-state index contributed by atoms with van der Waals surface area (Å²) in [5, 5.41) is 20.8. The molecule has 1 aromatic heterocycles. The van der Waals surface area contributed by atoms with Crippen molar-refractivity contribution in [2.24, 2.45) is 0 Å². The van der Waals surface area contributed by atoms with E-state index in [1.807, 2.05) is 0 Å². The number of hydrogen-bond donors (Lipinski definition) is 2. The number of hydrogen-bond acceptors (Lipinski definition) is 8. The average molecular weight is 422 g/mol. The van der Waals surface area contributed by atoms with E-state index in [0.717, 1.165) is 47.9 Å². The summed E-state index contributed by atoms with van der Waals surface area (Å²) >= 11 is 2.00. The zero-order chi connectivity index (χ0) is 19.6. The van der Waals surface area contributed by atoms with Crippen LogP contribution in [0.25, 0.3) is 0 Å². The third-order valence-corrected chi connectivity index (χ3v) is 5.61. The molecule has 1 aliphatic heterocycles. The van der Waals surface area contributed by atoms with Gasteiger partial charge in [0.2, 0.25) is 0 Å². The zero-order valence-electron chi connectivity index (χ0n) is 13.5. The number of anilines is 1. The highest BCUT2D eigenvalue weighted by molar-refractivity contribution is 8.02. The molecule has 2 N–H and O–H groups in total. The first-order valence-electron chi connectivity index (χ1n) is 7.59. The molecule has 0 radical (unpaired) electrons. The van der Waals surface area contributed by atoms with Crippen LogP contribution in [0.15, 0.2) is 28.5 Å². The molecule has 0 bridgehead atoms. The number of nitrogens with one attached hydrogen (secondary N) is 1. The summed E-state index contributed by atoms with van der Waals surface area (Å²) in [5.41, 5.74) is -1.12. The molecule has 1 atom stereocenters. The Bertz CT molecular complexity index is 839. The number of rotatable bonds is 7. The van der Waals surface area contributed by atoms with Gasteiger partial charge in [-0.2, -0.15) is 13.2 Å². The Hall–Kier alpha value is -2.18.